The second-order valence-corrected chi connectivity index (χ2v) is 10.3. The van der Waals surface area contributed by atoms with E-state index in [0.717, 1.165) is 50.0 Å². The second kappa shape index (κ2) is 12.1. The molecule has 1 saturated heterocycles. The molecular weight excluding hydrogens is 496 g/mol. The third-order valence-electron chi connectivity index (χ3n) is 7.55. The lowest BCUT2D eigenvalue weighted by molar-refractivity contribution is -0.137. The normalized spacial score (nSPS) is 16.4. The number of benzene rings is 1. The molecule has 39 heavy (non-hydrogen) atoms. The van der Waals surface area contributed by atoms with Crippen LogP contribution in [0.2, 0.25) is 0 Å². The van der Waals surface area contributed by atoms with Gasteiger partial charge in [-0.15, -0.1) is 0 Å². The van der Waals surface area contributed by atoms with Gasteiger partial charge in [0.1, 0.15) is 11.6 Å². The number of hydrogen-bond donors (Lipinski definition) is 2. The Hall–Kier alpha value is -4.14. The molecule has 2 aromatic heterocycles. The number of hydrogen-bond acceptors (Lipinski definition) is 7. The van der Waals surface area contributed by atoms with Gasteiger partial charge in [0.15, 0.2) is 0 Å². The summed E-state index contributed by atoms with van der Waals surface area (Å²) in [5.74, 6) is 1.57. The molecule has 5 rings (SSSR count). The lowest BCUT2D eigenvalue weighted by Gasteiger charge is -2.34. The van der Waals surface area contributed by atoms with Crippen molar-refractivity contribution in [2.75, 3.05) is 37.0 Å². The summed E-state index contributed by atoms with van der Waals surface area (Å²) < 4.78 is 11.5. The smallest absolute Gasteiger partial charge is 0.303 e. The van der Waals surface area contributed by atoms with Crippen LogP contribution in [-0.2, 0) is 4.79 Å². The SMILES string of the molecule is COc1ccc(C(=O)Nc2ccccn2)c(N2CCC(COc3cc(C(CC(=O)O)C4CC4)ccn3)CC2)c1. The molecule has 2 fully saturated rings. The van der Waals surface area contributed by atoms with E-state index in [4.69, 9.17) is 9.47 Å². The van der Waals surface area contributed by atoms with Crippen LogP contribution < -0.4 is 19.7 Å². The van der Waals surface area contributed by atoms with Crippen LogP contribution in [-0.4, -0.2) is 53.8 Å². The van der Waals surface area contributed by atoms with Gasteiger partial charge < -0.3 is 24.8 Å². The van der Waals surface area contributed by atoms with Crippen LogP contribution >= 0.6 is 0 Å². The zero-order valence-corrected chi connectivity index (χ0v) is 22.1. The Morgan fingerprint density at radius 2 is 1.87 bits per heavy atom. The second-order valence-electron chi connectivity index (χ2n) is 10.3. The van der Waals surface area contributed by atoms with Gasteiger partial charge in [-0.05, 0) is 79.3 Å². The molecule has 9 nitrogen and oxygen atoms in total. The van der Waals surface area contributed by atoms with Gasteiger partial charge in [0.2, 0.25) is 5.88 Å². The van der Waals surface area contributed by atoms with Gasteiger partial charge in [0.05, 0.1) is 31.4 Å². The number of ether oxygens (including phenoxy) is 2. The molecule has 1 aliphatic carbocycles. The average molecular weight is 531 g/mol. The number of pyridine rings is 2. The van der Waals surface area contributed by atoms with Gasteiger partial charge >= 0.3 is 5.97 Å². The van der Waals surface area contributed by atoms with E-state index in [0.29, 0.717) is 41.5 Å². The monoisotopic (exact) mass is 530 g/mol. The molecule has 2 aliphatic rings. The standard InChI is InChI=1S/C30H34N4O5/c1-38-23-7-8-24(30(37)33-27-4-2-3-12-31-27)26(17-23)34-14-10-20(11-15-34)19-39-28-16-22(9-13-32-28)25(18-29(35)36)21-5-6-21/h2-4,7-9,12-13,16-17,20-21,25H,5-6,10-11,14-15,18-19H2,1H3,(H,35,36)(H,31,33,37). The zero-order chi connectivity index (χ0) is 27.2. The lowest BCUT2D eigenvalue weighted by atomic mass is 9.92. The van der Waals surface area contributed by atoms with Crippen LogP contribution in [0.3, 0.4) is 0 Å². The van der Waals surface area contributed by atoms with Crippen molar-refractivity contribution in [3.05, 3.63) is 72.1 Å². The highest BCUT2D eigenvalue weighted by Crippen LogP contribution is 2.45. The molecule has 1 aromatic carbocycles. The number of nitrogens with zero attached hydrogens (tertiary/aromatic N) is 3. The number of anilines is 2. The van der Waals surface area contributed by atoms with E-state index in [1.165, 1.54) is 0 Å². The first-order chi connectivity index (χ1) is 19.0. The van der Waals surface area contributed by atoms with Gasteiger partial charge in [0, 0.05) is 37.6 Å². The summed E-state index contributed by atoms with van der Waals surface area (Å²) in [5.41, 5.74) is 2.40. The first-order valence-corrected chi connectivity index (χ1v) is 13.5. The lowest BCUT2D eigenvalue weighted by Crippen LogP contribution is -2.36. The van der Waals surface area contributed by atoms with E-state index >= 15 is 0 Å². The molecular formula is C30H34N4O5. The van der Waals surface area contributed by atoms with Crippen LogP contribution in [0.5, 0.6) is 11.6 Å². The molecule has 1 unspecified atom stereocenters. The molecule has 1 saturated carbocycles. The molecule has 3 aromatic rings. The Balaban J connectivity index is 1.20. The maximum atomic E-state index is 13.1. The number of amides is 1. The van der Waals surface area contributed by atoms with E-state index in [2.05, 4.69) is 20.2 Å². The minimum atomic E-state index is -0.772. The molecule has 0 radical (unpaired) electrons. The number of rotatable bonds is 11. The Kier molecular flexibility index (Phi) is 8.24. The highest BCUT2D eigenvalue weighted by molar-refractivity contribution is 6.08. The number of carbonyl (C=O) groups excluding carboxylic acids is 1. The van der Waals surface area contributed by atoms with Crippen molar-refractivity contribution >= 4 is 23.4 Å². The van der Waals surface area contributed by atoms with Gasteiger partial charge in [-0.3, -0.25) is 9.59 Å². The van der Waals surface area contributed by atoms with E-state index in [1.54, 1.807) is 43.8 Å². The molecule has 0 spiro atoms. The van der Waals surface area contributed by atoms with E-state index in [-0.39, 0.29) is 18.2 Å². The third kappa shape index (κ3) is 6.85. The van der Waals surface area contributed by atoms with Gasteiger partial charge in [-0.2, -0.15) is 0 Å². The number of piperidine rings is 1. The summed E-state index contributed by atoms with van der Waals surface area (Å²) in [6.07, 6.45) is 7.46. The Bertz CT molecular complexity index is 1290. The van der Waals surface area contributed by atoms with Crippen molar-refractivity contribution in [1.82, 2.24) is 9.97 Å². The highest BCUT2D eigenvalue weighted by atomic mass is 16.5. The molecule has 1 aliphatic heterocycles. The summed E-state index contributed by atoms with van der Waals surface area (Å²) in [5, 5.41) is 12.2. The van der Waals surface area contributed by atoms with Crippen molar-refractivity contribution in [3.63, 3.8) is 0 Å². The Morgan fingerprint density at radius 3 is 2.56 bits per heavy atom. The molecule has 9 heteroatoms. The number of carboxylic acid groups (broad SMARTS) is 1. The number of aromatic nitrogens is 2. The van der Waals surface area contributed by atoms with Gasteiger partial charge in [0.25, 0.3) is 5.91 Å². The minimum absolute atomic E-state index is 0.0167. The largest absolute Gasteiger partial charge is 0.497 e. The Labute approximate surface area is 228 Å². The van der Waals surface area contributed by atoms with Crippen molar-refractivity contribution in [2.45, 2.75) is 38.0 Å². The molecule has 1 amide bonds. The molecule has 2 N–H and O–H groups in total. The first kappa shape index (κ1) is 26.5. The van der Waals surface area contributed by atoms with Crippen LogP contribution in [0, 0.1) is 11.8 Å². The fourth-order valence-corrected chi connectivity index (χ4v) is 5.23. The predicted molar refractivity (Wildman–Crippen MR) is 148 cm³/mol. The summed E-state index contributed by atoms with van der Waals surface area (Å²) in [6.45, 7) is 2.10. The van der Waals surface area contributed by atoms with Crippen LogP contribution in [0.4, 0.5) is 11.5 Å². The number of methoxy groups -OCH3 is 1. The topological polar surface area (TPSA) is 114 Å². The summed E-state index contributed by atoms with van der Waals surface area (Å²) in [6, 6.07) is 14.7. The van der Waals surface area contributed by atoms with Crippen molar-refractivity contribution in [1.29, 1.82) is 0 Å². The number of aliphatic carboxylic acids is 1. The van der Waals surface area contributed by atoms with Gasteiger partial charge in [-0.25, -0.2) is 9.97 Å². The zero-order valence-electron chi connectivity index (χ0n) is 22.1. The molecule has 0 bridgehead atoms. The third-order valence-corrected chi connectivity index (χ3v) is 7.55. The van der Waals surface area contributed by atoms with E-state index in [9.17, 15) is 14.7 Å². The number of nitrogens with one attached hydrogen (secondary N) is 1. The van der Waals surface area contributed by atoms with Gasteiger partial charge in [-0.1, -0.05) is 6.07 Å². The van der Waals surface area contributed by atoms with E-state index in [1.807, 2.05) is 24.3 Å². The molecule has 3 heterocycles. The van der Waals surface area contributed by atoms with Crippen LogP contribution in [0.25, 0.3) is 0 Å². The minimum Gasteiger partial charge on any atom is -0.497 e. The predicted octanol–water partition coefficient (Wildman–Crippen LogP) is 5.00. The fraction of sp³-hybridized carbons (Fsp3) is 0.400. The highest BCUT2D eigenvalue weighted by Gasteiger charge is 2.34. The van der Waals surface area contributed by atoms with Crippen molar-refractivity contribution in [2.24, 2.45) is 11.8 Å². The molecule has 1 atom stereocenters. The summed E-state index contributed by atoms with van der Waals surface area (Å²) in [7, 11) is 1.62. The summed E-state index contributed by atoms with van der Waals surface area (Å²) in [4.78, 5) is 35.2. The van der Waals surface area contributed by atoms with Crippen LogP contribution in [0.1, 0.15) is 53.9 Å². The first-order valence-electron chi connectivity index (χ1n) is 13.5. The Morgan fingerprint density at radius 1 is 1.05 bits per heavy atom. The number of carboxylic acids is 1. The maximum Gasteiger partial charge on any atom is 0.303 e. The number of carbonyl (C=O) groups is 2. The average Bonchev–Trinajstić information content (AvgIpc) is 3.81. The van der Waals surface area contributed by atoms with Crippen LogP contribution in [0.15, 0.2) is 60.9 Å². The maximum absolute atomic E-state index is 13.1. The molecule has 204 valence electrons. The summed E-state index contributed by atoms with van der Waals surface area (Å²) >= 11 is 0. The van der Waals surface area contributed by atoms with Crippen molar-refractivity contribution < 1.29 is 24.2 Å². The van der Waals surface area contributed by atoms with Crippen molar-refractivity contribution in [3.8, 4) is 11.6 Å². The fourth-order valence-electron chi connectivity index (χ4n) is 5.23. The van der Waals surface area contributed by atoms with E-state index < -0.39 is 5.97 Å². The quantitative estimate of drug-likeness (QED) is 0.356.